The van der Waals surface area contributed by atoms with Crippen molar-refractivity contribution < 1.29 is 9.53 Å². The summed E-state index contributed by atoms with van der Waals surface area (Å²) in [7, 11) is 0. The molecular weight excluding hydrogens is 250 g/mol. The molecule has 0 aromatic heterocycles. The summed E-state index contributed by atoms with van der Waals surface area (Å²) in [6.07, 6.45) is 3.49. The number of hydrogen-bond acceptors (Lipinski definition) is 2. The summed E-state index contributed by atoms with van der Waals surface area (Å²) < 4.78 is 5.40. The number of carbonyl (C=O) groups excluding carboxylic acids is 1. The van der Waals surface area contributed by atoms with E-state index in [-0.39, 0.29) is 12.0 Å². The average molecular weight is 266 g/mol. The number of ether oxygens (including phenoxy) is 1. The second-order valence-electron chi connectivity index (χ2n) is 4.35. The van der Waals surface area contributed by atoms with Crippen LogP contribution in [-0.4, -0.2) is 36.6 Å². The molecule has 1 aliphatic heterocycles. The standard InChI is InChI=1S/C14H16ClNO2/c1-11-10-16(7-8-18-11)14(17)6-5-12-3-2-4-13(15)9-12/h2-6,9,11H,7-8,10H2,1H3/b6-5+. The Bertz CT molecular complexity index is 459. The third-order valence-corrected chi connectivity index (χ3v) is 3.05. The van der Waals surface area contributed by atoms with Gasteiger partial charge in [0.25, 0.3) is 0 Å². The first kappa shape index (κ1) is 13.1. The third-order valence-electron chi connectivity index (χ3n) is 2.82. The second kappa shape index (κ2) is 6.03. The molecule has 1 aromatic rings. The van der Waals surface area contributed by atoms with Gasteiger partial charge < -0.3 is 9.64 Å². The van der Waals surface area contributed by atoms with Crippen molar-refractivity contribution in [2.24, 2.45) is 0 Å². The maximum atomic E-state index is 12.0. The van der Waals surface area contributed by atoms with Crippen LogP contribution in [0.5, 0.6) is 0 Å². The van der Waals surface area contributed by atoms with Crippen molar-refractivity contribution in [1.82, 2.24) is 4.90 Å². The molecule has 1 aromatic carbocycles. The molecule has 3 nitrogen and oxygen atoms in total. The van der Waals surface area contributed by atoms with Gasteiger partial charge in [0.1, 0.15) is 0 Å². The van der Waals surface area contributed by atoms with E-state index in [1.807, 2.05) is 31.2 Å². The molecule has 1 saturated heterocycles. The zero-order valence-corrected chi connectivity index (χ0v) is 11.1. The Hall–Kier alpha value is -1.32. The van der Waals surface area contributed by atoms with Gasteiger partial charge in [-0.1, -0.05) is 23.7 Å². The fraction of sp³-hybridized carbons (Fsp3) is 0.357. The molecule has 0 bridgehead atoms. The van der Waals surface area contributed by atoms with E-state index in [2.05, 4.69) is 0 Å². The Morgan fingerprint density at radius 1 is 1.56 bits per heavy atom. The van der Waals surface area contributed by atoms with Crippen LogP contribution in [0.4, 0.5) is 0 Å². The van der Waals surface area contributed by atoms with E-state index < -0.39 is 0 Å². The number of halogens is 1. The number of rotatable bonds is 2. The van der Waals surface area contributed by atoms with Crippen LogP contribution in [0.1, 0.15) is 12.5 Å². The predicted molar refractivity (Wildman–Crippen MR) is 72.5 cm³/mol. The van der Waals surface area contributed by atoms with Gasteiger partial charge in [-0.15, -0.1) is 0 Å². The topological polar surface area (TPSA) is 29.5 Å². The maximum Gasteiger partial charge on any atom is 0.246 e. The van der Waals surface area contributed by atoms with E-state index in [1.165, 1.54) is 0 Å². The molecule has 0 N–H and O–H groups in total. The monoisotopic (exact) mass is 265 g/mol. The van der Waals surface area contributed by atoms with Crippen molar-refractivity contribution in [3.8, 4) is 0 Å². The minimum Gasteiger partial charge on any atom is -0.375 e. The number of nitrogens with zero attached hydrogens (tertiary/aromatic N) is 1. The van der Waals surface area contributed by atoms with Crippen molar-refractivity contribution >= 4 is 23.6 Å². The fourth-order valence-corrected chi connectivity index (χ4v) is 2.10. The molecule has 4 heteroatoms. The van der Waals surface area contributed by atoms with Gasteiger partial charge in [-0.3, -0.25) is 4.79 Å². The summed E-state index contributed by atoms with van der Waals surface area (Å²) in [6.45, 7) is 3.89. The molecule has 1 amide bonds. The van der Waals surface area contributed by atoms with Crippen LogP contribution in [0.15, 0.2) is 30.3 Å². The maximum absolute atomic E-state index is 12.0. The number of amides is 1. The Kier molecular flexibility index (Phi) is 4.39. The van der Waals surface area contributed by atoms with E-state index in [4.69, 9.17) is 16.3 Å². The lowest BCUT2D eigenvalue weighted by Crippen LogP contribution is -2.43. The molecule has 1 heterocycles. The molecule has 0 aliphatic carbocycles. The Balaban J connectivity index is 1.98. The molecule has 1 atom stereocenters. The predicted octanol–water partition coefficient (Wildman–Crippen LogP) is 2.60. The third kappa shape index (κ3) is 3.59. The largest absolute Gasteiger partial charge is 0.375 e. The lowest BCUT2D eigenvalue weighted by molar-refractivity contribution is -0.132. The summed E-state index contributed by atoms with van der Waals surface area (Å²) in [4.78, 5) is 13.8. The van der Waals surface area contributed by atoms with Crippen LogP contribution < -0.4 is 0 Å². The van der Waals surface area contributed by atoms with Crippen molar-refractivity contribution in [3.05, 3.63) is 40.9 Å². The number of hydrogen-bond donors (Lipinski definition) is 0. The van der Waals surface area contributed by atoms with Gasteiger partial charge in [-0.25, -0.2) is 0 Å². The lowest BCUT2D eigenvalue weighted by atomic mass is 10.2. The molecular formula is C14H16ClNO2. The van der Waals surface area contributed by atoms with Crippen LogP contribution in [-0.2, 0) is 9.53 Å². The molecule has 1 fully saturated rings. The lowest BCUT2D eigenvalue weighted by Gasteiger charge is -2.30. The minimum atomic E-state index is 0.0186. The van der Waals surface area contributed by atoms with E-state index in [0.717, 1.165) is 5.56 Å². The normalized spacial score (nSPS) is 20.3. The number of morpholine rings is 1. The Labute approximate surface area is 112 Å². The second-order valence-corrected chi connectivity index (χ2v) is 4.79. The highest BCUT2D eigenvalue weighted by atomic mass is 35.5. The van der Waals surface area contributed by atoms with Gasteiger partial charge >= 0.3 is 0 Å². The van der Waals surface area contributed by atoms with Gasteiger partial charge in [0.2, 0.25) is 5.91 Å². The van der Waals surface area contributed by atoms with E-state index in [1.54, 1.807) is 17.1 Å². The molecule has 0 radical (unpaired) electrons. The summed E-state index contributed by atoms with van der Waals surface area (Å²) in [6, 6.07) is 7.42. The van der Waals surface area contributed by atoms with Crippen LogP contribution >= 0.6 is 11.6 Å². The van der Waals surface area contributed by atoms with Crippen molar-refractivity contribution in [3.63, 3.8) is 0 Å². The Morgan fingerprint density at radius 2 is 2.39 bits per heavy atom. The van der Waals surface area contributed by atoms with E-state index in [9.17, 15) is 4.79 Å². The van der Waals surface area contributed by atoms with E-state index in [0.29, 0.717) is 24.7 Å². The summed E-state index contributed by atoms with van der Waals surface area (Å²) in [5.41, 5.74) is 0.928. The van der Waals surface area contributed by atoms with Crippen molar-refractivity contribution in [2.75, 3.05) is 19.7 Å². The first-order valence-corrected chi connectivity index (χ1v) is 6.37. The molecule has 0 spiro atoms. The first-order valence-electron chi connectivity index (χ1n) is 5.99. The van der Waals surface area contributed by atoms with Crippen molar-refractivity contribution in [1.29, 1.82) is 0 Å². The van der Waals surface area contributed by atoms with Gasteiger partial charge in [-0.05, 0) is 30.7 Å². The highest BCUT2D eigenvalue weighted by molar-refractivity contribution is 6.30. The number of benzene rings is 1. The van der Waals surface area contributed by atoms with Crippen LogP contribution in [0.25, 0.3) is 6.08 Å². The first-order chi connectivity index (χ1) is 8.65. The summed E-state index contributed by atoms with van der Waals surface area (Å²) in [5.74, 6) is 0.0186. The van der Waals surface area contributed by atoms with Crippen LogP contribution in [0, 0.1) is 0 Å². The minimum absolute atomic E-state index is 0.0186. The Morgan fingerprint density at radius 3 is 3.11 bits per heavy atom. The molecule has 0 saturated carbocycles. The highest BCUT2D eigenvalue weighted by Crippen LogP contribution is 2.12. The molecule has 96 valence electrons. The van der Waals surface area contributed by atoms with Gasteiger partial charge in [-0.2, -0.15) is 0 Å². The zero-order valence-electron chi connectivity index (χ0n) is 10.3. The van der Waals surface area contributed by atoms with Crippen molar-refractivity contribution in [2.45, 2.75) is 13.0 Å². The quantitative estimate of drug-likeness (QED) is 0.770. The summed E-state index contributed by atoms with van der Waals surface area (Å²) >= 11 is 5.88. The highest BCUT2D eigenvalue weighted by Gasteiger charge is 2.19. The summed E-state index contributed by atoms with van der Waals surface area (Å²) in [5, 5.41) is 0.671. The smallest absolute Gasteiger partial charge is 0.246 e. The molecule has 18 heavy (non-hydrogen) atoms. The van der Waals surface area contributed by atoms with E-state index >= 15 is 0 Å². The van der Waals surface area contributed by atoms with Gasteiger partial charge in [0.15, 0.2) is 0 Å². The molecule has 1 unspecified atom stereocenters. The zero-order chi connectivity index (χ0) is 13.0. The average Bonchev–Trinajstić information content (AvgIpc) is 2.36. The SMILES string of the molecule is CC1CN(C(=O)/C=C/c2cccc(Cl)c2)CCO1. The van der Waals surface area contributed by atoms with Crippen LogP contribution in [0.3, 0.4) is 0 Å². The number of carbonyl (C=O) groups is 1. The van der Waals surface area contributed by atoms with Crippen LogP contribution in [0.2, 0.25) is 5.02 Å². The molecule has 2 rings (SSSR count). The van der Waals surface area contributed by atoms with Gasteiger partial charge in [0.05, 0.1) is 12.7 Å². The fourth-order valence-electron chi connectivity index (χ4n) is 1.90. The van der Waals surface area contributed by atoms with Gasteiger partial charge in [0, 0.05) is 24.2 Å². The molecule has 1 aliphatic rings.